The van der Waals surface area contributed by atoms with Crippen LogP contribution in [0.25, 0.3) is 0 Å². The van der Waals surface area contributed by atoms with Gasteiger partial charge in [0.2, 0.25) is 0 Å². The first-order valence-corrected chi connectivity index (χ1v) is 8.16. The lowest BCUT2D eigenvalue weighted by molar-refractivity contribution is 0.811. The molecule has 0 saturated heterocycles. The molecule has 112 valence electrons. The maximum Gasteiger partial charge on any atom is 0.135 e. The fourth-order valence-electron chi connectivity index (χ4n) is 2.54. The molecule has 1 aromatic carbocycles. The lowest BCUT2D eigenvalue weighted by atomic mass is 10.0. The Balaban J connectivity index is 2.36. The summed E-state index contributed by atoms with van der Waals surface area (Å²) < 4.78 is 1.09. The van der Waals surface area contributed by atoms with Gasteiger partial charge in [-0.25, -0.2) is 9.97 Å². The summed E-state index contributed by atoms with van der Waals surface area (Å²) in [5.41, 5.74) is 3.50. The number of aryl methyl sites for hydroxylation is 1. The molecule has 4 heteroatoms. The van der Waals surface area contributed by atoms with Crippen LogP contribution in [0.5, 0.6) is 0 Å². The highest BCUT2D eigenvalue weighted by molar-refractivity contribution is 9.10. The van der Waals surface area contributed by atoms with Crippen LogP contribution in [0.2, 0.25) is 0 Å². The number of hydrogen-bond donors (Lipinski definition) is 1. The highest BCUT2D eigenvalue weighted by atomic mass is 79.9. The van der Waals surface area contributed by atoms with E-state index >= 15 is 0 Å². The first kappa shape index (κ1) is 16.0. The minimum atomic E-state index is 0.416. The zero-order valence-corrected chi connectivity index (χ0v) is 14.7. The monoisotopic (exact) mass is 347 g/mol. The van der Waals surface area contributed by atoms with Gasteiger partial charge >= 0.3 is 0 Å². The number of halogens is 1. The Bertz CT molecular complexity index is 623. The first-order valence-electron chi connectivity index (χ1n) is 7.37. The standard InChI is InChI=1S/C17H22BrN3/c1-5-19-17-16(11(2)3)12(4)20-15(21-17)10-13-7-6-8-14(18)9-13/h6-9,11H,5,10H2,1-4H3,(H,19,20,21). The fraction of sp³-hybridized carbons (Fsp3) is 0.412. The van der Waals surface area contributed by atoms with Crippen LogP contribution in [0.15, 0.2) is 28.7 Å². The van der Waals surface area contributed by atoms with Gasteiger partial charge in [0.25, 0.3) is 0 Å². The van der Waals surface area contributed by atoms with Gasteiger partial charge in [-0.1, -0.05) is 41.9 Å². The summed E-state index contributed by atoms with van der Waals surface area (Å²) in [6.07, 6.45) is 0.747. The molecule has 0 bridgehead atoms. The maximum atomic E-state index is 4.73. The van der Waals surface area contributed by atoms with Crippen LogP contribution in [0.1, 0.15) is 49.3 Å². The second kappa shape index (κ2) is 7.03. The highest BCUT2D eigenvalue weighted by Gasteiger charge is 2.14. The van der Waals surface area contributed by atoms with E-state index in [2.05, 4.69) is 61.1 Å². The molecule has 0 amide bonds. The minimum absolute atomic E-state index is 0.416. The number of rotatable bonds is 5. The third-order valence-corrected chi connectivity index (χ3v) is 3.85. The van der Waals surface area contributed by atoms with Crippen molar-refractivity contribution in [1.29, 1.82) is 0 Å². The first-order chi connectivity index (χ1) is 10.0. The van der Waals surface area contributed by atoms with E-state index in [4.69, 9.17) is 9.97 Å². The van der Waals surface area contributed by atoms with E-state index in [1.807, 2.05) is 12.1 Å². The topological polar surface area (TPSA) is 37.8 Å². The average Bonchev–Trinajstić information content (AvgIpc) is 2.38. The molecule has 21 heavy (non-hydrogen) atoms. The lowest BCUT2D eigenvalue weighted by Crippen LogP contribution is -2.11. The predicted octanol–water partition coefficient (Wildman–Crippen LogP) is 4.69. The lowest BCUT2D eigenvalue weighted by Gasteiger charge is -2.16. The summed E-state index contributed by atoms with van der Waals surface area (Å²) in [6.45, 7) is 9.39. The SMILES string of the molecule is CCNc1nc(Cc2cccc(Br)c2)nc(C)c1C(C)C. The summed E-state index contributed by atoms with van der Waals surface area (Å²) >= 11 is 3.51. The Kier molecular flexibility index (Phi) is 5.34. The van der Waals surface area contributed by atoms with Crippen molar-refractivity contribution in [2.24, 2.45) is 0 Å². The molecule has 3 nitrogen and oxygen atoms in total. The van der Waals surface area contributed by atoms with Gasteiger partial charge in [-0.3, -0.25) is 0 Å². The molecule has 0 aliphatic carbocycles. The van der Waals surface area contributed by atoms with Gasteiger partial charge < -0.3 is 5.32 Å². The summed E-state index contributed by atoms with van der Waals surface area (Å²) in [4.78, 5) is 9.43. The van der Waals surface area contributed by atoms with Crippen LogP contribution in [0.4, 0.5) is 5.82 Å². The highest BCUT2D eigenvalue weighted by Crippen LogP contribution is 2.26. The van der Waals surface area contributed by atoms with Gasteiger partial charge in [0.15, 0.2) is 0 Å². The van der Waals surface area contributed by atoms with Crippen molar-refractivity contribution in [3.63, 3.8) is 0 Å². The number of benzene rings is 1. The van der Waals surface area contributed by atoms with E-state index in [1.54, 1.807) is 0 Å². The molecule has 0 spiro atoms. The molecule has 1 N–H and O–H groups in total. The molecule has 0 saturated carbocycles. The molecule has 0 aliphatic heterocycles. The van der Waals surface area contributed by atoms with Crippen LogP contribution in [-0.4, -0.2) is 16.5 Å². The molecule has 0 fully saturated rings. The van der Waals surface area contributed by atoms with Gasteiger partial charge in [0.1, 0.15) is 11.6 Å². The Morgan fingerprint density at radius 1 is 1.24 bits per heavy atom. The maximum absolute atomic E-state index is 4.73. The van der Waals surface area contributed by atoms with E-state index < -0.39 is 0 Å². The van der Waals surface area contributed by atoms with Crippen molar-refractivity contribution >= 4 is 21.7 Å². The Morgan fingerprint density at radius 2 is 2.00 bits per heavy atom. The predicted molar refractivity (Wildman–Crippen MR) is 92.0 cm³/mol. The second-order valence-corrected chi connectivity index (χ2v) is 6.39. The molecule has 1 aromatic heterocycles. The van der Waals surface area contributed by atoms with E-state index in [1.165, 1.54) is 11.1 Å². The van der Waals surface area contributed by atoms with Gasteiger partial charge in [0.05, 0.1) is 0 Å². The van der Waals surface area contributed by atoms with E-state index in [0.29, 0.717) is 5.92 Å². The smallest absolute Gasteiger partial charge is 0.135 e. The van der Waals surface area contributed by atoms with Crippen molar-refractivity contribution < 1.29 is 0 Å². The summed E-state index contributed by atoms with van der Waals surface area (Å²) in [5.74, 6) is 2.26. The summed E-state index contributed by atoms with van der Waals surface area (Å²) in [7, 11) is 0. The van der Waals surface area contributed by atoms with Crippen molar-refractivity contribution in [2.75, 3.05) is 11.9 Å². The van der Waals surface area contributed by atoms with E-state index in [9.17, 15) is 0 Å². The molecule has 0 unspecified atom stereocenters. The average molecular weight is 348 g/mol. The molecule has 1 heterocycles. The minimum Gasteiger partial charge on any atom is -0.370 e. The number of hydrogen-bond acceptors (Lipinski definition) is 3. The van der Waals surface area contributed by atoms with Crippen LogP contribution in [0.3, 0.4) is 0 Å². The van der Waals surface area contributed by atoms with Gasteiger partial charge in [-0.2, -0.15) is 0 Å². The zero-order valence-electron chi connectivity index (χ0n) is 13.1. The van der Waals surface area contributed by atoms with Crippen molar-refractivity contribution in [3.8, 4) is 0 Å². The Labute approximate surface area is 135 Å². The Morgan fingerprint density at radius 3 is 2.62 bits per heavy atom. The van der Waals surface area contributed by atoms with Crippen LogP contribution in [0, 0.1) is 6.92 Å². The summed E-state index contributed by atoms with van der Waals surface area (Å²) in [5, 5.41) is 3.38. The van der Waals surface area contributed by atoms with Crippen LogP contribution in [-0.2, 0) is 6.42 Å². The third-order valence-electron chi connectivity index (χ3n) is 3.36. The summed E-state index contributed by atoms with van der Waals surface area (Å²) in [6, 6.07) is 8.29. The van der Waals surface area contributed by atoms with E-state index in [-0.39, 0.29) is 0 Å². The van der Waals surface area contributed by atoms with Gasteiger partial charge in [-0.05, 0) is 37.5 Å². The molecule has 2 aromatic rings. The van der Waals surface area contributed by atoms with Crippen molar-refractivity contribution in [2.45, 2.75) is 40.0 Å². The second-order valence-electron chi connectivity index (χ2n) is 5.48. The van der Waals surface area contributed by atoms with Gasteiger partial charge in [-0.15, -0.1) is 0 Å². The number of anilines is 1. The van der Waals surface area contributed by atoms with Gasteiger partial charge in [0, 0.05) is 28.7 Å². The molecule has 0 aliphatic rings. The number of aromatic nitrogens is 2. The normalized spacial score (nSPS) is 11.0. The molecular weight excluding hydrogens is 326 g/mol. The Hall–Kier alpha value is -1.42. The third kappa shape index (κ3) is 4.03. The number of nitrogens with zero attached hydrogens (tertiary/aromatic N) is 2. The quantitative estimate of drug-likeness (QED) is 0.852. The van der Waals surface area contributed by atoms with E-state index in [0.717, 1.165) is 34.8 Å². The molecule has 0 radical (unpaired) electrons. The van der Waals surface area contributed by atoms with Crippen molar-refractivity contribution in [3.05, 3.63) is 51.4 Å². The van der Waals surface area contributed by atoms with Crippen LogP contribution < -0.4 is 5.32 Å². The molecule has 2 rings (SSSR count). The zero-order chi connectivity index (χ0) is 15.4. The molecular formula is C17H22BrN3. The fourth-order valence-corrected chi connectivity index (χ4v) is 2.99. The van der Waals surface area contributed by atoms with Crippen molar-refractivity contribution in [1.82, 2.24) is 9.97 Å². The molecule has 0 atom stereocenters. The largest absolute Gasteiger partial charge is 0.370 e. The number of nitrogens with one attached hydrogen (secondary N) is 1. The van der Waals surface area contributed by atoms with Crippen LogP contribution >= 0.6 is 15.9 Å².